The van der Waals surface area contributed by atoms with Gasteiger partial charge in [0.25, 0.3) is 0 Å². The monoisotopic (exact) mass is 854 g/mol. The molecule has 0 saturated carbocycles. The maximum Gasteiger partial charge on any atom is 0.328 e. The molecule has 0 aliphatic carbocycles. The fourth-order valence-electron chi connectivity index (χ4n) is 7.15. The van der Waals surface area contributed by atoms with Crippen LogP contribution >= 0.6 is 0 Å². The van der Waals surface area contributed by atoms with E-state index in [1.807, 2.05) is 0 Å². The van der Waals surface area contributed by atoms with Gasteiger partial charge in [0.2, 0.25) is 35.4 Å². The Morgan fingerprint density at radius 1 is 0.683 bits per heavy atom. The van der Waals surface area contributed by atoms with Crippen LogP contribution in [0.25, 0.3) is 0 Å². The Kier molecular flexibility index (Phi) is 26.7. The highest BCUT2D eigenvalue weighted by Gasteiger charge is 2.40. The van der Waals surface area contributed by atoms with Gasteiger partial charge in [-0.25, -0.2) is 4.79 Å². The summed E-state index contributed by atoms with van der Waals surface area (Å²) in [6.07, 6.45) is 12.2. The topological polar surface area (TPSA) is 287 Å². The zero-order valence-electron chi connectivity index (χ0n) is 36.6. The molecule has 1 aliphatic heterocycles. The van der Waals surface area contributed by atoms with Gasteiger partial charge >= 0.3 is 11.9 Å². The van der Waals surface area contributed by atoms with Crippen LogP contribution in [0.3, 0.4) is 0 Å². The number of hydrogen-bond acceptors (Lipinski definition) is 10. The Bertz CT molecular complexity index is 1380. The zero-order valence-corrected chi connectivity index (χ0v) is 36.6. The molecule has 344 valence electrons. The van der Waals surface area contributed by atoms with Crippen molar-refractivity contribution in [2.45, 2.75) is 199 Å². The molecular weight excluding hydrogens is 778 g/mol. The normalized spacial score (nSPS) is 16.8. The van der Waals surface area contributed by atoms with Gasteiger partial charge in [0, 0.05) is 13.0 Å². The minimum atomic E-state index is -1.61. The van der Waals surface area contributed by atoms with Crippen molar-refractivity contribution in [3.63, 3.8) is 0 Å². The molecule has 1 saturated heterocycles. The van der Waals surface area contributed by atoms with E-state index in [0.29, 0.717) is 32.2 Å². The molecule has 18 heteroatoms. The van der Waals surface area contributed by atoms with Crippen molar-refractivity contribution in [3.8, 4) is 0 Å². The number of likely N-dealkylation sites (tertiary alicyclic amines) is 1. The lowest BCUT2D eigenvalue weighted by atomic mass is 10.0. The standard InChI is InChI=1S/C42H75N7O11/c1-6-7-8-9-10-11-12-13-14-15-16-22-34(51)44-28(4)37(54)46-32(26-35(52)53)39(56)47-31(25-27(2)3)38(55)45-30(20-17-18-23-43)41(58)49-24-19-21-33(49)40(57)48-36(29(5)50)42(59)60/h27-33,36,50H,6-26,43H2,1-5H3,(H,44,51)(H,45,55)(H,46,54)(H,47,56)(H,48,57)(H,52,53)(H,59,60)/t28-,29+,30-,31-,32-,33-,36-/m0/s1. The number of carbonyl (C=O) groups excluding carboxylic acids is 6. The van der Waals surface area contributed by atoms with E-state index in [1.54, 1.807) is 13.8 Å². The summed E-state index contributed by atoms with van der Waals surface area (Å²) in [6, 6.07) is -7.78. The second kappa shape index (κ2) is 29.8. The van der Waals surface area contributed by atoms with Crippen LogP contribution < -0.4 is 32.3 Å². The van der Waals surface area contributed by atoms with Crippen LogP contribution in [0.5, 0.6) is 0 Å². The number of nitrogens with one attached hydrogen (secondary N) is 5. The van der Waals surface area contributed by atoms with Crippen LogP contribution in [0, 0.1) is 5.92 Å². The van der Waals surface area contributed by atoms with E-state index in [-0.39, 0.29) is 44.1 Å². The molecule has 1 heterocycles. The lowest BCUT2D eigenvalue weighted by molar-refractivity contribution is -0.147. The van der Waals surface area contributed by atoms with Crippen LogP contribution in [0.2, 0.25) is 0 Å². The summed E-state index contributed by atoms with van der Waals surface area (Å²) in [6.45, 7) is 8.87. The van der Waals surface area contributed by atoms with Crippen molar-refractivity contribution in [2.24, 2.45) is 11.7 Å². The molecular formula is C42H75N7O11. The molecule has 1 rings (SSSR count). The molecule has 1 aliphatic rings. The van der Waals surface area contributed by atoms with E-state index in [1.165, 1.54) is 63.7 Å². The number of aliphatic hydroxyl groups excluding tert-OH is 1. The largest absolute Gasteiger partial charge is 0.481 e. The zero-order chi connectivity index (χ0) is 45.2. The van der Waals surface area contributed by atoms with Crippen molar-refractivity contribution >= 4 is 47.4 Å². The van der Waals surface area contributed by atoms with Gasteiger partial charge in [-0.1, -0.05) is 85.0 Å². The second-order valence-corrected chi connectivity index (χ2v) is 16.5. The third-order valence-electron chi connectivity index (χ3n) is 10.6. The molecule has 7 atom stereocenters. The van der Waals surface area contributed by atoms with Crippen LogP contribution in [-0.4, -0.2) is 123 Å². The van der Waals surface area contributed by atoms with Crippen molar-refractivity contribution in [3.05, 3.63) is 0 Å². The number of carbonyl (C=O) groups is 8. The maximum absolute atomic E-state index is 14.0. The minimum absolute atomic E-state index is 0.0746. The third-order valence-corrected chi connectivity index (χ3v) is 10.6. The molecule has 1 fully saturated rings. The smallest absolute Gasteiger partial charge is 0.328 e. The number of carboxylic acid groups (broad SMARTS) is 2. The Morgan fingerprint density at radius 3 is 1.77 bits per heavy atom. The SMILES string of the molecule is CCCCCCCCCCCCCC(=O)N[C@@H](C)C(=O)N[C@@H](CC(=O)O)C(=O)N[C@@H](CC(C)C)C(=O)N[C@@H](CCCCN)C(=O)N1CCC[C@H]1C(=O)N[C@H](C(=O)O)[C@@H](C)O. The van der Waals surface area contributed by atoms with E-state index < -0.39 is 90.3 Å². The summed E-state index contributed by atoms with van der Waals surface area (Å²) >= 11 is 0. The van der Waals surface area contributed by atoms with Crippen molar-refractivity contribution < 1.29 is 53.7 Å². The Balaban J connectivity index is 2.96. The molecule has 0 radical (unpaired) electrons. The van der Waals surface area contributed by atoms with E-state index in [2.05, 4.69) is 33.5 Å². The molecule has 0 aromatic carbocycles. The van der Waals surface area contributed by atoms with Gasteiger partial charge in [0.1, 0.15) is 30.2 Å². The molecule has 10 N–H and O–H groups in total. The van der Waals surface area contributed by atoms with Crippen LogP contribution in [-0.2, 0) is 38.4 Å². The van der Waals surface area contributed by atoms with E-state index in [4.69, 9.17) is 5.73 Å². The minimum Gasteiger partial charge on any atom is -0.481 e. The number of aliphatic hydroxyl groups is 1. The van der Waals surface area contributed by atoms with Gasteiger partial charge in [0.15, 0.2) is 6.04 Å². The summed E-state index contributed by atoms with van der Waals surface area (Å²) in [5.74, 6) is -7.23. The highest BCUT2D eigenvalue weighted by molar-refractivity contribution is 5.97. The molecule has 0 bridgehead atoms. The van der Waals surface area contributed by atoms with E-state index in [0.717, 1.165) is 19.3 Å². The Morgan fingerprint density at radius 2 is 1.23 bits per heavy atom. The number of nitrogens with two attached hydrogens (primary N) is 1. The average molecular weight is 854 g/mol. The summed E-state index contributed by atoms with van der Waals surface area (Å²) in [5, 5.41) is 41.4. The Labute approximate surface area is 355 Å². The van der Waals surface area contributed by atoms with Crippen molar-refractivity contribution in [1.29, 1.82) is 0 Å². The molecule has 0 unspecified atom stereocenters. The van der Waals surface area contributed by atoms with E-state index >= 15 is 0 Å². The second-order valence-electron chi connectivity index (χ2n) is 16.5. The van der Waals surface area contributed by atoms with Gasteiger partial charge in [-0.2, -0.15) is 0 Å². The number of rotatable bonds is 32. The first-order chi connectivity index (χ1) is 28.4. The van der Waals surface area contributed by atoms with Gasteiger partial charge < -0.3 is 52.5 Å². The fourth-order valence-corrected chi connectivity index (χ4v) is 7.15. The fraction of sp³-hybridized carbons (Fsp3) is 0.810. The van der Waals surface area contributed by atoms with Crippen molar-refractivity contribution in [1.82, 2.24) is 31.5 Å². The summed E-state index contributed by atoms with van der Waals surface area (Å²) in [4.78, 5) is 105. The Hall–Kier alpha value is -4.32. The highest BCUT2D eigenvalue weighted by Crippen LogP contribution is 2.21. The molecule has 0 spiro atoms. The summed E-state index contributed by atoms with van der Waals surface area (Å²) in [7, 11) is 0. The number of hydrogen-bond donors (Lipinski definition) is 9. The number of unbranched alkanes of at least 4 members (excludes halogenated alkanes) is 11. The molecule has 0 aromatic rings. The first kappa shape index (κ1) is 53.7. The first-order valence-corrected chi connectivity index (χ1v) is 22.1. The summed E-state index contributed by atoms with van der Waals surface area (Å²) in [5.41, 5.74) is 5.68. The number of aliphatic carboxylic acids is 2. The average Bonchev–Trinajstić information content (AvgIpc) is 3.67. The van der Waals surface area contributed by atoms with Gasteiger partial charge in [0.05, 0.1) is 12.5 Å². The van der Waals surface area contributed by atoms with Crippen LogP contribution in [0.4, 0.5) is 0 Å². The molecule has 0 aromatic heterocycles. The molecule has 18 nitrogen and oxygen atoms in total. The predicted molar refractivity (Wildman–Crippen MR) is 225 cm³/mol. The van der Waals surface area contributed by atoms with Crippen LogP contribution in [0.1, 0.15) is 157 Å². The number of carboxylic acids is 2. The molecule has 60 heavy (non-hydrogen) atoms. The van der Waals surface area contributed by atoms with Gasteiger partial charge in [-0.05, 0) is 71.3 Å². The number of nitrogens with zero attached hydrogens (tertiary/aromatic N) is 1. The van der Waals surface area contributed by atoms with E-state index in [9.17, 15) is 53.7 Å². The quantitative estimate of drug-likeness (QED) is 0.0441. The maximum atomic E-state index is 14.0. The lowest BCUT2D eigenvalue weighted by Gasteiger charge is -2.31. The first-order valence-electron chi connectivity index (χ1n) is 22.1. The predicted octanol–water partition coefficient (Wildman–Crippen LogP) is 2.24. The van der Waals surface area contributed by atoms with Crippen LogP contribution in [0.15, 0.2) is 0 Å². The lowest BCUT2D eigenvalue weighted by Crippen LogP contribution is -2.60. The highest BCUT2D eigenvalue weighted by atomic mass is 16.4. The van der Waals surface area contributed by atoms with Gasteiger partial charge in [-0.3, -0.25) is 33.6 Å². The summed E-state index contributed by atoms with van der Waals surface area (Å²) < 4.78 is 0. The third kappa shape index (κ3) is 21.3. The molecule has 6 amide bonds. The van der Waals surface area contributed by atoms with Crippen molar-refractivity contribution in [2.75, 3.05) is 13.1 Å². The van der Waals surface area contributed by atoms with Gasteiger partial charge in [-0.15, -0.1) is 0 Å². The number of amides is 6.